The summed E-state index contributed by atoms with van der Waals surface area (Å²) in [6.07, 6.45) is 0.855. The van der Waals surface area contributed by atoms with Gasteiger partial charge in [-0.25, -0.2) is 4.98 Å². The van der Waals surface area contributed by atoms with Crippen LogP contribution in [0.5, 0.6) is 0 Å². The van der Waals surface area contributed by atoms with Crippen LogP contribution in [0.4, 0.5) is 0 Å². The largest absolute Gasteiger partial charge is 0.347 e. The number of nitrogens with one attached hydrogen (secondary N) is 1. The fourth-order valence-corrected chi connectivity index (χ4v) is 3.10. The maximum atomic E-state index is 12.1. The van der Waals surface area contributed by atoms with E-state index in [4.69, 9.17) is 17.3 Å². The molecule has 1 atom stereocenters. The highest BCUT2D eigenvalue weighted by Crippen LogP contribution is 2.22. The molecular formula is C16H20ClN3OS. The van der Waals surface area contributed by atoms with Gasteiger partial charge in [0.1, 0.15) is 10.7 Å². The van der Waals surface area contributed by atoms with Crippen molar-refractivity contribution in [3.05, 3.63) is 50.9 Å². The standard InChI is InChI=1S/C16H20ClN3OS/c1-10(2)7-13(18)16-20-14(9-22-16)15(21)19-8-11-5-3-4-6-12(11)17/h3-6,9-10,13H,7-8,18H2,1-2H3,(H,19,21). The lowest BCUT2D eigenvalue weighted by molar-refractivity contribution is 0.0946. The van der Waals surface area contributed by atoms with Crippen molar-refractivity contribution >= 4 is 28.8 Å². The van der Waals surface area contributed by atoms with Gasteiger partial charge in [0.05, 0.1) is 6.04 Å². The van der Waals surface area contributed by atoms with Crippen LogP contribution in [0.3, 0.4) is 0 Å². The third kappa shape index (κ3) is 4.53. The van der Waals surface area contributed by atoms with Crippen LogP contribution in [0.1, 0.15) is 47.4 Å². The van der Waals surface area contributed by atoms with E-state index in [9.17, 15) is 4.79 Å². The average Bonchev–Trinajstić information content (AvgIpc) is 2.95. The first-order valence-electron chi connectivity index (χ1n) is 7.20. The normalized spacial score (nSPS) is 12.4. The van der Waals surface area contributed by atoms with Gasteiger partial charge in [-0.1, -0.05) is 43.6 Å². The highest BCUT2D eigenvalue weighted by molar-refractivity contribution is 7.09. The topological polar surface area (TPSA) is 68.0 Å². The lowest BCUT2D eigenvalue weighted by Crippen LogP contribution is -2.23. The van der Waals surface area contributed by atoms with Crippen LogP contribution in [-0.4, -0.2) is 10.9 Å². The Morgan fingerprint density at radius 2 is 2.14 bits per heavy atom. The minimum atomic E-state index is -0.209. The van der Waals surface area contributed by atoms with Crippen LogP contribution >= 0.6 is 22.9 Å². The molecule has 2 rings (SSSR count). The summed E-state index contributed by atoms with van der Waals surface area (Å²) >= 11 is 7.50. The zero-order valence-electron chi connectivity index (χ0n) is 12.7. The molecular weight excluding hydrogens is 318 g/mol. The monoisotopic (exact) mass is 337 g/mol. The van der Waals surface area contributed by atoms with Gasteiger partial charge < -0.3 is 11.1 Å². The van der Waals surface area contributed by atoms with Gasteiger partial charge in [0.25, 0.3) is 5.91 Å². The van der Waals surface area contributed by atoms with E-state index >= 15 is 0 Å². The Hall–Kier alpha value is -1.43. The maximum absolute atomic E-state index is 12.1. The third-order valence-corrected chi connectivity index (χ3v) is 4.54. The van der Waals surface area contributed by atoms with E-state index in [1.54, 1.807) is 11.4 Å². The molecule has 0 bridgehead atoms. The number of nitrogens with zero attached hydrogens (tertiary/aromatic N) is 1. The summed E-state index contributed by atoms with van der Waals surface area (Å²) in [5.74, 6) is 0.288. The number of benzene rings is 1. The van der Waals surface area contributed by atoms with Crippen molar-refractivity contribution in [2.45, 2.75) is 32.9 Å². The number of hydrogen-bond acceptors (Lipinski definition) is 4. The number of nitrogens with two attached hydrogens (primary N) is 1. The smallest absolute Gasteiger partial charge is 0.271 e. The molecule has 0 spiro atoms. The summed E-state index contributed by atoms with van der Waals surface area (Å²) < 4.78 is 0. The molecule has 0 aliphatic heterocycles. The van der Waals surface area contributed by atoms with Crippen LogP contribution < -0.4 is 11.1 Å². The zero-order valence-corrected chi connectivity index (χ0v) is 14.2. The summed E-state index contributed by atoms with van der Waals surface area (Å²) in [6, 6.07) is 7.31. The van der Waals surface area contributed by atoms with Crippen LogP contribution in [-0.2, 0) is 6.54 Å². The van der Waals surface area contributed by atoms with Crippen LogP contribution in [0.25, 0.3) is 0 Å². The average molecular weight is 338 g/mol. The Bertz CT molecular complexity index is 642. The Balaban J connectivity index is 1.96. The van der Waals surface area contributed by atoms with Crippen LogP contribution in [0, 0.1) is 5.92 Å². The first-order valence-corrected chi connectivity index (χ1v) is 8.45. The molecule has 118 valence electrons. The van der Waals surface area contributed by atoms with Gasteiger partial charge in [-0.3, -0.25) is 4.79 Å². The SMILES string of the molecule is CC(C)CC(N)c1nc(C(=O)NCc2ccccc2Cl)cs1. The third-order valence-electron chi connectivity index (χ3n) is 3.19. The van der Waals surface area contributed by atoms with E-state index in [2.05, 4.69) is 24.1 Å². The van der Waals surface area contributed by atoms with Gasteiger partial charge in [-0.15, -0.1) is 11.3 Å². The van der Waals surface area contributed by atoms with Crippen molar-refractivity contribution in [2.75, 3.05) is 0 Å². The van der Waals surface area contributed by atoms with Crippen molar-refractivity contribution < 1.29 is 4.79 Å². The molecule has 1 heterocycles. The van der Waals surface area contributed by atoms with Crippen molar-refractivity contribution in [3.8, 4) is 0 Å². The predicted molar refractivity (Wildman–Crippen MR) is 91.1 cm³/mol. The van der Waals surface area contributed by atoms with Crippen molar-refractivity contribution in [1.29, 1.82) is 0 Å². The highest BCUT2D eigenvalue weighted by Gasteiger charge is 2.16. The van der Waals surface area contributed by atoms with Crippen molar-refractivity contribution in [1.82, 2.24) is 10.3 Å². The van der Waals surface area contributed by atoms with E-state index in [0.29, 0.717) is 23.2 Å². The molecule has 6 heteroatoms. The second kappa shape index (κ2) is 7.72. The van der Waals surface area contributed by atoms with E-state index < -0.39 is 0 Å². The molecule has 1 aromatic heterocycles. The van der Waals surface area contributed by atoms with Gasteiger partial charge in [-0.05, 0) is 24.0 Å². The molecule has 1 aromatic carbocycles. The minimum Gasteiger partial charge on any atom is -0.347 e. The van der Waals surface area contributed by atoms with Gasteiger partial charge in [0.2, 0.25) is 0 Å². The molecule has 0 aliphatic rings. The summed E-state index contributed by atoms with van der Waals surface area (Å²) in [5, 5.41) is 6.02. The van der Waals surface area contributed by atoms with Crippen molar-refractivity contribution in [2.24, 2.45) is 11.7 Å². The Morgan fingerprint density at radius 1 is 1.41 bits per heavy atom. The molecule has 1 unspecified atom stereocenters. The van der Waals surface area contributed by atoms with Gasteiger partial charge >= 0.3 is 0 Å². The summed E-state index contributed by atoms with van der Waals surface area (Å²) in [5.41, 5.74) is 7.38. The Kier molecular flexibility index (Phi) is 5.94. The first-order chi connectivity index (χ1) is 10.5. The minimum absolute atomic E-state index is 0.116. The summed E-state index contributed by atoms with van der Waals surface area (Å²) in [4.78, 5) is 16.5. The lowest BCUT2D eigenvalue weighted by atomic mass is 10.1. The molecule has 2 aromatic rings. The molecule has 0 fully saturated rings. The van der Waals surface area contributed by atoms with E-state index in [-0.39, 0.29) is 11.9 Å². The number of carbonyl (C=O) groups excluding carboxylic acids is 1. The first kappa shape index (κ1) is 16.9. The molecule has 0 aliphatic carbocycles. The molecule has 0 saturated carbocycles. The zero-order chi connectivity index (χ0) is 16.1. The number of carbonyl (C=O) groups is 1. The predicted octanol–water partition coefficient (Wildman–Crippen LogP) is 3.77. The molecule has 3 N–H and O–H groups in total. The fourth-order valence-electron chi connectivity index (χ4n) is 2.08. The van der Waals surface area contributed by atoms with Crippen LogP contribution in [0.2, 0.25) is 5.02 Å². The molecule has 0 saturated heterocycles. The number of hydrogen-bond donors (Lipinski definition) is 2. The fraction of sp³-hybridized carbons (Fsp3) is 0.375. The number of thiazole rings is 1. The molecule has 0 radical (unpaired) electrons. The Morgan fingerprint density at radius 3 is 2.82 bits per heavy atom. The second-order valence-electron chi connectivity index (χ2n) is 5.58. The number of amides is 1. The quantitative estimate of drug-likeness (QED) is 0.843. The van der Waals surface area contributed by atoms with Crippen molar-refractivity contribution in [3.63, 3.8) is 0 Å². The van der Waals surface area contributed by atoms with Gasteiger partial charge in [-0.2, -0.15) is 0 Å². The lowest BCUT2D eigenvalue weighted by Gasteiger charge is -2.10. The number of rotatable bonds is 6. The second-order valence-corrected chi connectivity index (χ2v) is 6.88. The van der Waals surface area contributed by atoms with E-state index in [0.717, 1.165) is 17.0 Å². The molecule has 22 heavy (non-hydrogen) atoms. The van der Waals surface area contributed by atoms with E-state index in [1.807, 2.05) is 18.2 Å². The summed E-state index contributed by atoms with van der Waals surface area (Å²) in [6.45, 7) is 4.61. The van der Waals surface area contributed by atoms with E-state index in [1.165, 1.54) is 11.3 Å². The molecule has 1 amide bonds. The number of aromatic nitrogens is 1. The highest BCUT2D eigenvalue weighted by atomic mass is 35.5. The van der Waals surface area contributed by atoms with Crippen LogP contribution in [0.15, 0.2) is 29.6 Å². The maximum Gasteiger partial charge on any atom is 0.271 e. The summed E-state index contributed by atoms with van der Waals surface area (Å²) in [7, 11) is 0. The number of halogens is 1. The Labute approximate surface area is 139 Å². The molecule has 4 nitrogen and oxygen atoms in total. The van der Waals surface area contributed by atoms with Gasteiger partial charge in [0.15, 0.2) is 0 Å². The van der Waals surface area contributed by atoms with Gasteiger partial charge in [0, 0.05) is 16.9 Å².